The highest BCUT2D eigenvalue weighted by Gasteiger charge is 2.15. The molecule has 0 unspecified atom stereocenters. The van der Waals surface area contributed by atoms with E-state index in [0.717, 1.165) is 6.20 Å². The van der Waals surface area contributed by atoms with Crippen molar-refractivity contribution in [3.63, 3.8) is 0 Å². The molecule has 0 amide bonds. The van der Waals surface area contributed by atoms with Gasteiger partial charge in [0.25, 0.3) is 10.0 Å². The van der Waals surface area contributed by atoms with Crippen LogP contribution >= 0.6 is 15.9 Å². The number of pyridine rings is 1. The molecule has 0 spiro atoms. The molecule has 7 nitrogen and oxygen atoms in total. The van der Waals surface area contributed by atoms with E-state index in [0.29, 0.717) is 4.47 Å². The number of halogens is 1. The van der Waals surface area contributed by atoms with Crippen LogP contribution in [-0.2, 0) is 19.7 Å². The van der Waals surface area contributed by atoms with Gasteiger partial charge in [-0.3, -0.25) is 9.82 Å². The normalized spacial score (nSPS) is 11.3. The van der Waals surface area contributed by atoms with Crippen LogP contribution in [0.15, 0.2) is 27.8 Å². The Labute approximate surface area is 99.6 Å². The average Bonchev–Trinajstić information content (AvgIpc) is 2.16. The number of aromatic nitrogens is 1. The third-order valence-electron chi connectivity index (χ3n) is 1.35. The van der Waals surface area contributed by atoms with Crippen molar-refractivity contribution in [1.82, 2.24) is 9.87 Å². The maximum atomic E-state index is 11.5. The summed E-state index contributed by atoms with van der Waals surface area (Å²) in [6, 6.07) is 1.31. The standard InChI is InChI=1S/C7H7BrN2O5S/c8-5-1-6(3-9-2-5)16(13,14)10-15-4-7(11)12/h1-3,10H,4H2,(H,11,12). The number of nitrogens with one attached hydrogen (secondary N) is 1. The molecule has 0 aliphatic rings. The van der Waals surface area contributed by atoms with Gasteiger partial charge < -0.3 is 5.11 Å². The minimum absolute atomic E-state index is 0.132. The van der Waals surface area contributed by atoms with E-state index in [-0.39, 0.29) is 4.90 Å². The third kappa shape index (κ3) is 3.85. The summed E-state index contributed by atoms with van der Waals surface area (Å²) in [5, 5.41) is 8.25. The summed E-state index contributed by atoms with van der Waals surface area (Å²) in [6.07, 6.45) is 2.52. The lowest BCUT2D eigenvalue weighted by Gasteiger charge is -2.05. The average molecular weight is 311 g/mol. The summed E-state index contributed by atoms with van der Waals surface area (Å²) in [5.74, 6) is -1.28. The molecule has 16 heavy (non-hydrogen) atoms. The summed E-state index contributed by atoms with van der Waals surface area (Å²) in [5.41, 5.74) is 0. The van der Waals surface area contributed by atoms with Crippen LogP contribution in [0.4, 0.5) is 0 Å². The number of rotatable bonds is 5. The number of carboxylic acid groups (broad SMARTS) is 1. The molecule has 2 N–H and O–H groups in total. The SMILES string of the molecule is O=C(O)CONS(=O)(=O)c1cncc(Br)c1. The van der Waals surface area contributed by atoms with Gasteiger partial charge in [0.15, 0.2) is 6.61 Å². The zero-order chi connectivity index (χ0) is 12.2. The van der Waals surface area contributed by atoms with Gasteiger partial charge in [0.05, 0.1) is 0 Å². The fraction of sp³-hybridized carbons (Fsp3) is 0.143. The Kier molecular flexibility index (Phi) is 4.35. The lowest BCUT2D eigenvalue weighted by molar-refractivity contribution is -0.143. The van der Waals surface area contributed by atoms with E-state index in [4.69, 9.17) is 5.11 Å². The zero-order valence-electron chi connectivity index (χ0n) is 7.75. The van der Waals surface area contributed by atoms with Gasteiger partial charge in [-0.2, -0.15) is 0 Å². The van der Waals surface area contributed by atoms with Gasteiger partial charge in [0.1, 0.15) is 4.90 Å². The molecule has 0 saturated heterocycles. The zero-order valence-corrected chi connectivity index (χ0v) is 10.2. The number of hydrogen-bond acceptors (Lipinski definition) is 5. The first-order chi connectivity index (χ1) is 7.42. The van der Waals surface area contributed by atoms with Gasteiger partial charge in [-0.05, 0) is 22.0 Å². The number of carboxylic acids is 1. The summed E-state index contributed by atoms with van der Waals surface area (Å²) in [6.45, 7) is -0.763. The number of hydrogen-bond donors (Lipinski definition) is 2. The largest absolute Gasteiger partial charge is 0.479 e. The van der Waals surface area contributed by atoms with Crippen LogP contribution in [0.25, 0.3) is 0 Å². The molecule has 0 radical (unpaired) electrons. The lowest BCUT2D eigenvalue weighted by Crippen LogP contribution is -2.26. The smallest absolute Gasteiger partial charge is 0.331 e. The Hall–Kier alpha value is -1.03. The monoisotopic (exact) mass is 310 g/mol. The molecule has 0 atom stereocenters. The van der Waals surface area contributed by atoms with Crippen molar-refractivity contribution >= 4 is 31.9 Å². The highest BCUT2D eigenvalue weighted by molar-refractivity contribution is 9.10. The summed E-state index contributed by atoms with van der Waals surface area (Å²) in [7, 11) is -3.91. The van der Waals surface area contributed by atoms with Gasteiger partial charge in [-0.25, -0.2) is 13.2 Å². The maximum absolute atomic E-state index is 11.5. The number of aliphatic carboxylic acids is 1. The quantitative estimate of drug-likeness (QED) is 0.749. The van der Waals surface area contributed by atoms with E-state index >= 15 is 0 Å². The fourth-order valence-electron chi connectivity index (χ4n) is 0.756. The molecular weight excluding hydrogens is 304 g/mol. The molecule has 9 heteroatoms. The molecule has 0 aromatic carbocycles. The first-order valence-electron chi connectivity index (χ1n) is 3.88. The third-order valence-corrected chi connectivity index (χ3v) is 2.97. The molecule has 1 aromatic heterocycles. The Bertz CT molecular complexity index is 489. The summed E-state index contributed by atoms with van der Waals surface area (Å²) < 4.78 is 23.4. The van der Waals surface area contributed by atoms with E-state index in [1.165, 1.54) is 12.3 Å². The van der Waals surface area contributed by atoms with E-state index in [2.05, 4.69) is 25.8 Å². The van der Waals surface area contributed by atoms with E-state index < -0.39 is 22.6 Å². The Morgan fingerprint density at radius 1 is 1.56 bits per heavy atom. The van der Waals surface area contributed by atoms with E-state index in [1.807, 2.05) is 0 Å². The molecule has 88 valence electrons. The van der Waals surface area contributed by atoms with Crippen molar-refractivity contribution in [3.8, 4) is 0 Å². The molecule has 0 saturated carbocycles. The van der Waals surface area contributed by atoms with E-state index in [9.17, 15) is 13.2 Å². The lowest BCUT2D eigenvalue weighted by atomic mass is 10.5. The highest BCUT2D eigenvalue weighted by atomic mass is 79.9. The van der Waals surface area contributed by atoms with Crippen molar-refractivity contribution in [2.75, 3.05) is 6.61 Å². The van der Waals surface area contributed by atoms with Crippen LogP contribution in [-0.4, -0.2) is 31.1 Å². The predicted octanol–water partition coefficient (Wildman–Crippen LogP) is 0.139. The van der Waals surface area contributed by atoms with Crippen molar-refractivity contribution in [2.45, 2.75) is 4.90 Å². The Morgan fingerprint density at radius 3 is 2.81 bits per heavy atom. The predicted molar refractivity (Wildman–Crippen MR) is 55.8 cm³/mol. The summed E-state index contributed by atoms with van der Waals surface area (Å²) in [4.78, 5) is 19.6. The van der Waals surface area contributed by atoms with E-state index in [1.54, 1.807) is 4.89 Å². The van der Waals surface area contributed by atoms with Crippen LogP contribution in [0.3, 0.4) is 0 Å². The van der Waals surface area contributed by atoms with Crippen LogP contribution < -0.4 is 4.89 Å². The number of carbonyl (C=O) groups is 1. The second-order valence-electron chi connectivity index (χ2n) is 2.61. The molecule has 0 fully saturated rings. The van der Waals surface area contributed by atoms with Crippen LogP contribution in [0.2, 0.25) is 0 Å². The van der Waals surface area contributed by atoms with Crippen molar-refractivity contribution < 1.29 is 23.2 Å². The Balaban J connectivity index is 2.74. The fourth-order valence-corrected chi connectivity index (χ4v) is 2.06. The number of sulfonamides is 1. The maximum Gasteiger partial charge on any atom is 0.331 e. The van der Waals surface area contributed by atoms with Gasteiger partial charge in [-0.1, -0.05) is 4.89 Å². The van der Waals surface area contributed by atoms with Crippen molar-refractivity contribution in [3.05, 3.63) is 22.9 Å². The van der Waals surface area contributed by atoms with Crippen LogP contribution in [0, 0.1) is 0 Å². The topological polar surface area (TPSA) is 106 Å². The minimum Gasteiger partial charge on any atom is -0.479 e. The highest BCUT2D eigenvalue weighted by Crippen LogP contribution is 2.13. The van der Waals surface area contributed by atoms with Crippen LogP contribution in [0.1, 0.15) is 0 Å². The Morgan fingerprint density at radius 2 is 2.25 bits per heavy atom. The molecule has 0 aliphatic heterocycles. The second kappa shape index (κ2) is 5.34. The van der Waals surface area contributed by atoms with Gasteiger partial charge in [0, 0.05) is 16.9 Å². The molecule has 1 heterocycles. The van der Waals surface area contributed by atoms with Gasteiger partial charge >= 0.3 is 5.97 Å². The minimum atomic E-state index is -3.91. The molecule has 0 bridgehead atoms. The first kappa shape index (κ1) is 13.0. The molecule has 1 rings (SSSR count). The molecular formula is C7H7BrN2O5S. The van der Waals surface area contributed by atoms with Crippen molar-refractivity contribution in [2.24, 2.45) is 0 Å². The van der Waals surface area contributed by atoms with Gasteiger partial charge in [0.2, 0.25) is 0 Å². The molecule has 0 aliphatic carbocycles. The van der Waals surface area contributed by atoms with Gasteiger partial charge in [-0.15, -0.1) is 0 Å². The van der Waals surface area contributed by atoms with Crippen LogP contribution in [0.5, 0.6) is 0 Å². The summed E-state index contributed by atoms with van der Waals surface area (Å²) >= 11 is 3.06. The number of nitrogens with zero attached hydrogens (tertiary/aromatic N) is 1. The van der Waals surface area contributed by atoms with Crippen molar-refractivity contribution in [1.29, 1.82) is 0 Å². The second-order valence-corrected chi connectivity index (χ2v) is 5.17. The molecule has 1 aromatic rings. The first-order valence-corrected chi connectivity index (χ1v) is 6.15.